The van der Waals surface area contributed by atoms with Gasteiger partial charge in [-0.05, 0) is 24.5 Å². The van der Waals surface area contributed by atoms with Crippen LogP contribution in [0.2, 0.25) is 10.0 Å². The molecule has 102 valence electrons. The van der Waals surface area contributed by atoms with Gasteiger partial charge in [-0.25, -0.2) is 4.39 Å². The number of hydrogen-bond donors (Lipinski definition) is 1. The van der Waals surface area contributed by atoms with E-state index in [1.54, 1.807) is 12.1 Å². The lowest BCUT2D eigenvalue weighted by Crippen LogP contribution is -2.13. The molecular weight excluding hydrogens is 272 g/mol. The summed E-state index contributed by atoms with van der Waals surface area (Å²) in [4.78, 5) is 0. The molecule has 1 nitrogen and oxygen atoms in total. The molecule has 0 spiro atoms. The third-order valence-electron chi connectivity index (χ3n) is 3.12. The molecule has 1 rings (SSSR count). The van der Waals surface area contributed by atoms with Crippen LogP contribution < -0.4 is 5.32 Å². The van der Waals surface area contributed by atoms with Gasteiger partial charge in [0.25, 0.3) is 0 Å². The van der Waals surface area contributed by atoms with E-state index in [4.69, 9.17) is 23.2 Å². The maximum atomic E-state index is 13.3. The molecule has 1 atom stereocenters. The van der Waals surface area contributed by atoms with Crippen LogP contribution in [0, 0.1) is 11.7 Å². The van der Waals surface area contributed by atoms with Gasteiger partial charge in [0.2, 0.25) is 0 Å². The molecular formula is C14H20Cl2FN. The van der Waals surface area contributed by atoms with Gasteiger partial charge in [0.15, 0.2) is 5.82 Å². The van der Waals surface area contributed by atoms with E-state index in [0.717, 1.165) is 18.7 Å². The molecule has 0 fully saturated rings. The monoisotopic (exact) mass is 291 g/mol. The second kappa shape index (κ2) is 7.85. The zero-order chi connectivity index (χ0) is 13.5. The van der Waals surface area contributed by atoms with Crippen LogP contribution in [0.4, 0.5) is 10.1 Å². The van der Waals surface area contributed by atoms with Gasteiger partial charge in [-0.3, -0.25) is 0 Å². The molecule has 0 bridgehead atoms. The molecule has 1 N–H and O–H groups in total. The number of anilines is 1. The van der Waals surface area contributed by atoms with Crippen molar-refractivity contribution in [1.29, 1.82) is 0 Å². The van der Waals surface area contributed by atoms with Crippen molar-refractivity contribution >= 4 is 28.9 Å². The van der Waals surface area contributed by atoms with E-state index in [1.807, 2.05) is 0 Å². The fourth-order valence-corrected chi connectivity index (χ4v) is 2.35. The van der Waals surface area contributed by atoms with E-state index < -0.39 is 5.82 Å². The van der Waals surface area contributed by atoms with Crippen molar-refractivity contribution in [3.05, 3.63) is 28.0 Å². The van der Waals surface area contributed by atoms with E-state index in [0.29, 0.717) is 5.92 Å². The first-order valence-corrected chi connectivity index (χ1v) is 7.22. The van der Waals surface area contributed by atoms with E-state index in [2.05, 4.69) is 19.2 Å². The van der Waals surface area contributed by atoms with Gasteiger partial charge < -0.3 is 5.32 Å². The normalized spacial score (nSPS) is 12.5. The van der Waals surface area contributed by atoms with Crippen molar-refractivity contribution < 1.29 is 4.39 Å². The lowest BCUT2D eigenvalue weighted by atomic mass is 9.99. The first-order valence-electron chi connectivity index (χ1n) is 6.46. The van der Waals surface area contributed by atoms with Gasteiger partial charge >= 0.3 is 0 Å². The average molecular weight is 292 g/mol. The Morgan fingerprint density at radius 2 is 1.83 bits per heavy atom. The fraction of sp³-hybridized carbons (Fsp3) is 0.571. The smallest absolute Gasteiger partial charge is 0.160 e. The number of rotatable bonds is 7. The highest BCUT2D eigenvalue weighted by atomic mass is 35.5. The first kappa shape index (κ1) is 15.6. The fourth-order valence-electron chi connectivity index (χ4n) is 1.86. The third-order valence-corrected chi connectivity index (χ3v) is 3.67. The van der Waals surface area contributed by atoms with Gasteiger partial charge in [0.1, 0.15) is 0 Å². The van der Waals surface area contributed by atoms with Gasteiger partial charge in [-0.15, -0.1) is 0 Å². The quantitative estimate of drug-likeness (QED) is 0.630. The number of nitrogens with one attached hydrogen (secondary N) is 1. The molecule has 0 amide bonds. The number of unbranched alkanes of at least 4 members (excludes halogenated alkanes) is 1. The van der Waals surface area contributed by atoms with Crippen LogP contribution in [-0.2, 0) is 0 Å². The molecule has 0 saturated carbocycles. The summed E-state index contributed by atoms with van der Waals surface area (Å²) < 4.78 is 13.3. The highest BCUT2D eigenvalue weighted by molar-refractivity contribution is 6.35. The van der Waals surface area contributed by atoms with Crippen molar-refractivity contribution in [3.8, 4) is 0 Å². The summed E-state index contributed by atoms with van der Waals surface area (Å²) in [6.07, 6.45) is 4.80. The summed E-state index contributed by atoms with van der Waals surface area (Å²) in [5.74, 6) is 0.0782. The van der Waals surface area contributed by atoms with Crippen LogP contribution >= 0.6 is 23.2 Å². The van der Waals surface area contributed by atoms with Crippen molar-refractivity contribution in [2.24, 2.45) is 5.92 Å². The Balaban J connectivity index is 2.57. The number of benzene rings is 1. The molecule has 0 aliphatic carbocycles. The number of halogens is 3. The number of hydrogen-bond acceptors (Lipinski definition) is 1. The van der Waals surface area contributed by atoms with Crippen LogP contribution in [0.15, 0.2) is 12.1 Å². The summed E-state index contributed by atoms with van der Waals surface area (Å²) in [5.41, 5.74) is 0.779. The Hall–Kier alpha value is -0.470. The Kier molecular flexibility index (Phi) is 6.80. The third kappa shape index (κ3) is 4.66. The zero-order valence-corrected chi connectivity index (χ0v) is 12.4. The predicted octanol–water partition coefficient (Wildman–Crippen LogP) is 5.76. The molecule has 1 aromatic carbocycles. The van der Waals surface area contributed by atoms with Crippen molar-refractivity contribution in [1.82, 2.24) is 0 Å². The van der Waals surface area contributed by atoms with Gasteiger partial charge in [0, 0.05) is 12.2 Å². The van der Waals surface area contributed by atoms with Crippen LogP contribution in [-0.4, -0.2) is 6.54 Å². The molecule has 1 aromatic rings. The second-order valence-corrected chi connectivity index (χ2v) is 5.37. The summed E-state index contributed by atoms with van der Waals surface area (Å²) in [6, 6.07) is 3.16. The highest BCUT2D eigenvalue weighted by Crippen LogP contribution is 2.27. The van der Waals surface area contributed by atoms with Gasteiger partial charge in [-0.2, -0.15) is 0 Å². The van der Waals surface area contributed by atoms with Crippen LogP contribution in [0.25, 0.3) is 0 Å². The molecule has 0 aromatic heterocycles. The average Bonchev–Trinajstić information content (AvgIpc) is 2.36. The predicted molar refractivity (Wildman–Crippen MR) is 78.2 cm³/mol. The van der Waals surface area contributed by atoms with Crippen LogP contribution in [0.3, 0.4) is 0 Å². The van der Waals surface area contributed by atoms with E-state index >= 15 is 0 Å². The van der Waals surface area contributed by atoms with Gasteiger partial charge in [-0.1, -0.05) is 56.3 Å². The lowest BCUT2D eigenvalue weighted by molar-refractivity contribution is 0.473. The molecule has 4 heteroatoms. The van der Waals surface area contributed by atoms with E-state index in [9.17, 15) is 4.39 Å². The topological polar surface area (TPSA) is 12.0 Å². The Morgan fingerprint density at radius 1 is 1.22 bits per heavy atom. The second-order valence-electron chi connectivity index (χ2n) is 4.55. The van der Waals surface area contributed by atoms with Gasteiger partial charge in [0.05, 0.1) is 10.0 Å². The lowest BCUT2D eigenvalue weighted by Gasteiger charge is -2.16. The Labute approximate surface area is 119 Å². The molecule has 18 heavy (non-hydrogen) atoms. The molecule has 0 aliphatic rings. The summed E-state index contributed by atoms with van der Waals surface area (Å²) in [6.45, 7) is 5.25. The van der Waals surface area contributed by atoms with Crippen LogP contribution in [0.1, 0.15) is 39.5 Å². The molecule has 0 heterocycles. The molecule has 0 aliphatic heterocycles. The maximum Gasteiger partial charge on any atom is 0.160 e. The Bertz CT molecular complexity index is 359. The zero-order valence-electron chi connectivity index (χ0n) is 10.9. The molecule has 0 saturated heterocycles. The largest absolute Gasteiger partial charge is 0.385 e. The van der Waals surface area contributed by atoms with Crippen molar-refractivity contribution in [2.45, 2.75) is 39.5 Å². The minimum Gasteiger partial charge on any atom is -0.385 e. The van der Waals surface area contributed by atoms with E-state index in [1.165, 1.54) is 19.3 Å². The first-order chi connectivity index (χ1) is 8.58. The van der Waals surface area contributed by atoms with Crippen molar-refractivity contribution in [3.63, 3.8) is 0 Å². The SMILES string of the molecule is CCCCC(CC)CNc1cc(Cl)c(F)c(Cl)c1. The minimum absolute atomic E-state index is 0.0617. The highest BCUT2D eigenvalue weighted by Gasteiger charge is 2.09. The summed E-state index contributed by atoms with van der Waals surface area (Å²) >= 11 is 11.5. The Morgan fingerprint density at radius 3 is 2.33 bits per heavy atom. The summed E-state index contributed by atoms with van der Waals surface area (Å²) in [5, 5.41) is 3.40. The van der Waals surface area contributed by atoms with Crippen LogP contribution in [0.5, 0.6) is 0 Å². The van der Waals surface area contributed by atoms with E-state index in [-0.39, 0.29) is 10.0 Å². The standard InChI is InChI=1S/C14H20Cl2FN/c1-3-5-6-10(4-2)9-18-11-7-12(15)14(17)13(16)8-11/h7-8,10,18H,3-6,9H2,1-2H3. The van der Waals surface area contributed by atoms with Crippen molar-refractivity contribution in [2.75, 3.05) is 11.9 Å². The molecule has 1 unspecified atom stereocenters. The molecule has 0 radical (unpaired) electrons. The summed E-state index contributed by atoms with van der Waals surface area (Å²) in [7, 11) is 0. The maximum absolute atomic E-state index is 13.3. The minimum atomic E-state index is -0.554.